The third-order valence-corrected chi connectivity index (χ3v) is 8.26. The summed E-state index contributed by atoms with van der Waals surface area (Å²) in [5.74, 6) is 0.565. The Bertz CT molecular complexity index is 1140. The van der Waals surface area contributed by atoms with Gasteiger partial charge in [-0.15, -0.1) is 9.05 Å². The van der Waals surface area contributed by atoms with E-state index in [9.17, 15) is 29.1 Å². The van der Waals surface area contributed by atoms with Crippen molar-refractivity contribution in [3.8, 4) is 11.5 Å². The SMILES string of the molecule is CCC(O[P+](=O)[O-])c1cc(C(C)(C)C)c(O)c(C(C)(C)C)c1.CCC(O[P+](=O)[O-])c1cc(C(C)(C)C)c(O)c(C(C)(C)C)c1.[Ca+2]. The van der Waals surface area contributed by atoms with Crippen LogP contribution in [-0.2, 0) is 39.8 Å². The van der Waals surface area contributed by atoms with Crippen molar-refractivity contribution in [1.82, 2.24) is 0 Å². The molecule has 0 aliphatic heterocycles. The minimum Gasteiger partial charge on any atom is -0.566 e. The first-order chi connectivity index (χ1) is 19.7. The van der Waals surface area contributed by atoms with Crippen molar-refractivity contribution in [2.45, 2.75) is 144 Å². The molecule has 4 atom stereocenters. The summed E-state index contributed by atoms with van der Waals surface area (Å²) in [5, 5.41) is 21.3. The minimum absolute atomic E-state index is 0. The van der Waals surface area contributed by atoms with Crippen LogP contribution in [0.4, 0.5) is 0 Å². The van der Waals surface area contributed by atoms with Crippen molar-refractivity contribution in [3.63, 3.8) is 0 Å². The Morgan fingerprint density at radius 3 is 0.911 bits per heavy atom. The fourth-order valence-electron chi connectivity index (χ4n) is 4.92. The Morgan fingerprint density at radius 2 is 0.778 bits per heavy atom. The van der Waals surface area contributed by atoms with Gasteiger partial charge < -0.3 is 20.0 Å². The number of rotatable bonds is 8. The van der Waals surface area contributed by atoms with Gasteiger partial charge in [-0.05, 0) is 101 Å². The first-order valence-corrected chi connectivity index (χ1v) is 17.3. The van der Waals surface area contributed by atoms with E-state index in [-0.39, 0.29) is 70.9 Å². The molecule has 0 fully saturated rings. The molecule has 2 aromatic rings. The van der Waals surface area contributed by atoms with Gasteiger partial charge in [-0.1, -0.05) is 96.9 Å². The molecule has 45 heavy (non-hydrogen) atoms. The van der Waals surface area contributed by atoms with E-state index in [0.717, 1.165) is 33.4 Å². The Morgan fingerprint density at radius 1 is 0.578 bits per heavy atom. The second kappa shape index (κ2) is 17.1. The zero-order valence-electron chi connectivity index (χ0n) is 29.8. The summed E-state index contributed by atoms with van der Waals surface area (Å²) in [5.41, 5.74) is 3.78. The standard InChI is InChI=1S/2C17H27O4P.Ca/c2*1-8-14(21-22(19)20)11-9-12(16(2,3)4)15(18)13(10-11)17(5,6)7;/h2*9-10,14,18H,8H2,1-7H3;/q;;+2. The van der Waals surface area contributed by atoms with Crippen LogP contribution >= 0.6 is 16.5 Å². The molecule has 2 rings (SSSR count). The van der Waals surface area contributed by atoms with Crippen LogP contribution in [0.2, 0.25) is 0 Å². The van der Waals surface area contributed by atoms with E-state index in [1.54, 1.807) is 0 Å². The van der Waals surface area contributed by atoms with Crippen LogP contribution in [0.5, 0.6) is 11.5 Å². The van der Waals surface area contributed by atoms with Gasteiger partial charge >= 0.3 is 54.2 Å². The minimum atomic E-state index is -2.91. The van der Waals surface area contributed by atoms with Gasteiger partial charge in [0.1, 0.15) is 23.7 Å². The Hall–Kier alpha value is -0.660. The molecule has 0 heterocycles. The number of phenolic OH excluding ortho intramolecular Hbond substituents is 2. The van der Waals surface area contributed by atoms with Gasteiger partial charge in [0.15, 0.2) is 0 Å². The van der Waals surface area contributed by atoms with Crippen molar-refractivity contribution in [1.29, 1.82) is 0 Å². The molecule has 8 nitrogen and oxygen atoms in total. The quantitative estimate of drug-likeness (QED) is 0.207. The van der Waals surface area contributed by atoms with Crippen LogP contribution in [0, 0.1) is 0 Å². The molecule has 0 radical (unpaired) electrons. The molecule has 0 saturated carbocycles. The van der Waals surface area contributed by atoms with E-state index in [2.05, 4.69) is 0 Å². The summed E-state index contributed by atoms with van der Waals surface area (Å²) in [4.78, 5) is 21.9. The third kappa shape index (κ3) is 13.0. The average molecular weight is 693 g/mol. The summed E-state index contributed by atoms with van der Waals surface area (Å²) in [6.45, 7) is 28.0. The van der Waals surface area contributed by atoms with Crippen LogP contribution in [0.3, 0.4) is 0 Å². The molecule has 0 aliphatic rings. The van der Waals surface area contributed by atoms with Crippen molar-refractivity contribution in [3.05, 3.63) is 57.6 Å². The van der Waals surface area contributed by atoms with E-state index in [1.165, 1.54) is 0 Å². The van der Waals surface area contributed by atoms with Crippen molar-refractivity contribution >= 4 is 54.2 Å². The molecule has 0 spiro atoms. The second-order valence-corrected chi connectivity index (χ2v) is 16.7. The molecular weight excluding hydrogens is 638 g/mol. The number of aromatic hydroxyl groups is 2. The first kappa shape index (κ1) is 44.3. The normalized spacial score (nSPS) is 14.5. The molecule has 0 bridgehead atoms. The van der Waals surface area contributed by atoms with E-state index in [1.807, 2.05) is 121 Å². The van der Waals surface area contributed by atoms with Crippen LogP contribution in [0.25, 0.3) is 0 Å². The largest absolute Gasteiger partial charge is 2.00 e. The first-order valence-electron chi connectivity index (χ1n) is 15.1. The zero-order valence-corrected chi connectivity index (χ0v) is 33.8. The molecule has 2 aromatic carbocycles. The second-order valence-electron chi connectivity index (χ2n) is 15.4. The van der Waals surface area contributed by atoms with Crippen LogP contribution in [0.1, 0.15) is 155 Å². The molecule has 11 heteroatoms. The molecule has 0 aliphatic carbocycles. The van der Waals surface area contributed by atoms with Gasteiger partial charge in [0.2, 0.25) is 0 Å². The fraction of sp³-hybridized carbons (Fsp3) is 0.647. The molecule has 2 N–H and O–H groups in total. The van der Waals surface area contributed by atoms with Crippen LogP contribution in [-0.4, -0.2) is 48.0 Å². The monoisotopic (exact) mass is 692 g/mol. The van der Waals surface area contributed by atoms with E-state index < -0.39 is 28.7 Å². The topological polar surface area (TPSA) is 139 Å². The van der Waals surface area contributed by atoms with Crippen LogP contribution < -0.4 is 9.79 Å². The van der Waals surface area contributed by atoms with Crippen molar-refractivity contribution in [2.24, 2.45) is 0 Å². The molecular formula is C34H54CaO8P2+2. The van der Waals surface area contributed by atoms with Gasteiger partial charge in [0.25, 0.3) is 0 Å². The molecule has 0 aromatic heterocycles. The van der Waals surface area contributed by atoms with Gasteiger partial charge in [-0.25, -0.2) is 0 Å². The smallest absolute Gasteiger partial charge is 0.566 e. The predicted molar refractivity (Wildman–Crippen MR) is 180 cm³/mol. The fourth-order valence-corrected chi connectivity index (χ4v) is 5.88. The van der Waals surface area contributed by atoms with E-state index >= 15 is 0 Å². The number of hydrogen-bond acceptors (Lipinski definition) is 8. The maximum Gasteiger partial charge on any atom is 2.00 e. The molecule has 4 unspecified atom stereocenters. The van der Waals surface area contributed by atoms with Gasteiger partial charge in [-0.2, -0.15) is 0 Å². The van der Waals surface area contributed by atoms with Crippen molar-refractivity contribution in [2.75, 3.05) is 0 Å². The van der Waals surface area contributed by atoms with Crippen molar-refractivity contribution < 1.29 is 38.2 Å². The number of hydrogen-bond donors (Lipinski definition) is 2. The summed E-state index contributed by atoms with van der Waals surface area (Å²) in [6.07, 6.45) is 0.0375. The number of benzene rings is 2. The van der Waals surface area contributed by atoms with Gasteiger partial charge in [-0.3, -0.25) is 0 Å². The Labute approximate surface area is 303 Å². The summed E-state index contributed by atoms with van der Waals surface area (Å²) in [7, 11) is -5.83. The van der Waals surface area contributed by atoms with Gasteiger partial charge in [0, 0.05) is 0 Å². The molecule has 248 valence electrons. The predicted octanol–water partition coefficient (Wildman–Crippen LogP) is 8.56. The maximum atomic E-state index is 10.9. The Balaban J connectivity index is 0.000000842. The summed E-state index contributed by atoms with van der Waals surface area (Å²) in [6, 6.07) is 7.43. The summed E-state index contributed by atoms with van der Waals surface area (Å²) >= 11 is 0. The van der Waals surface area contributed by atoms with E-state index in [4.69, 9.17) is 9.05 Å². The Kier molecular flexibility index (Phi) is 16.9. The van der Waals surface area contributed by atoms with Gasteiger partial charge in [0.05, 0.1) is 0 Å². The maximum absolute atomic E-state index is 10.9. The third-order valence-electron chi connectivity index (χ3n) is 7.41. The summed E-state index contributed by atoms with van der Waals surface area (Å²) < 4.78 is 31.9. The van der Waals surface area contributed by atoms with Crippen LogP contribution in [0.15, 0.2) is 24.3 Å². The molecule has 0 amide bonds. The zero-order chi connectivity index (χ0) is 34.6. The number of phenols is 2. The molecule has 0 saturated heterocycles. The average Bonchev–Trinajstić information content (AvgIpc) is 2.83. The van der Waals surface area contributed by atoms with E-state index in [0.29, 0.717) is 12.8 Å².